The van der Waals surface area contributed by atoms with E-state index in [0.717, 1.165) is 6.20 Å². The van der Waals surface area contributed by atoms with Gasteiger partial charge in [-0.15, -0.1) is 0 Å². The number of hydrogen-bond donors (Lipinski definition) is 1. The van der Waals surface area contributed by atoms with Crippen LogP contribution in [-0.4, -0.2) is 39.0 Å². The van der Waals surface area contributed by atoms with Crippen LogP contribution in [0.3, 0.4) is 0 Å². The summed E-state index contributed by atoms with van der Waals surface area (Å²) in [6.45, 7) is 2.21. The van der Waals surface area contributed by atoms with Crippen molar-refractivity contribution < 1.29 is 19.1 Å². The molecule has 1 amide bonds. The van der Waals surface area contributed by atoms with E-state index in [1.165, 1.54) is 17.2 Å². The number of carbonyl (C=O) groups is 2. The molecule has 0 saturated carbocycles. The average Bonchev–Trinajstić information content (AvgIpc) is 2.84. The second-order valence-corrected chi connectivity index (χ2v) is 5.00. The summed E-state index contributed by atoms with van der Waals surface area (Å²) in [7, 11) is 0. The number of rotatable bonds is 4. The van der Waals surface area contributed by atoms with Crippen molar-refractivity contribution in [1.29, 1.82) is 0 Å². The molecule has 108 valence electrons. The highest BCUT2D eigenvalue weighted by Crippen LogP contribution is 2.35. The Balaban J connectivity index is 2.38. The van der Waals surface area contributed by atoms with Gasteiger partial charge in [-0.1, -0.05) is 13.3 Å². The number of hydrogen-bond acceptors (Lipinski definition) is 3. The normalized spacial score (nSPS) is 22.0. The van der Waals surface area contributed by atoms with Gasteiger partial charge in [-0.25, -0.2) is 9.18 Å². The zero-order chi connectivity index (χ0) is 14.8. The lowest BCUT2D eigenvalue weighted by molar-refractivity contribution is -0.148. The lowest BCUT2D eigenvalue weighted by Gasteiger charge is -2.34. The van der Waals surface area contributed by atoms with Crippen LogP contribution in [0.25, 0.3) is 0 Å². The number of nitrogens with zero attached hydrogens (tertiary/aromatic N) is 2. The molecule has 20 heavy (non-hydrogen) atoms. The molecule has 2 rings (SSSR count). The van der Waals surface area contributed by atoms with E-state index in [1.807, 2.05) is 6.92 Å². The van der Waals surface area contributed by atoms with Gasteiger partial charge in [0, 0.05) is 12.7 Å². The molecule has 1 atom stereocenters. The second kappa shape index (κ2) is 5.56. The van der Waals surface area contributed by atoms with Gasteiger partial charge in [0.05, 0.1) is 11.8 Å². The van der Waals surface area contributed by atoms with Crippen LogP contribution >= 0.6 is 0 Å². The monoisotopic (exact) mass is 280 g/mol. The molecule has 1 fully saturated rings. The lowest BCUT2D eigenvalue weighted by atomic mass is 9.90. The Morgan fingerprint density at radius 3 is 2.90 bits per heavy atom. The van der Waals surface area contributed by atoms with E-state index in [4.69, 9.17) is 0 Å². The fourth-order valence-electron chi connectivity index (χ4n) is 2.87. The molecule has 1 N–H and O–H groups in total. The summed E-state index contributed by atoms with van der Waals surface area (Å²) in [4.78, 5) is 29.0. The SMILES string of the molecule is CCCC1(C(=O)O)CCCN1C(=O)c1ccncc1F. The van der Waals surface area contributed by atoms with E-state index < -0.39 is 23.2 Å². The Bertz CT molecular complexity index is 535. The quantitative estimate of drug-likeness (QED) is 0.916. The van der Waals surface area contributed by atoms with Crippen LogP contribution in [0.1, 0.15) is 43.0 Å². The molecule has 5 nitrogen and oxygen atoms in total. The summed E-state index contributed by atoms with van der Waals surface area (Å²) in [6.07, 6.45) is 4.34. The van der Waals surface area contributed by atoms with Crippen LogP contribution in [-0.2, 0) is 4.79 Å². The van der Waals surface area contributed by atoms with Crippen molar-refractivity contribution in [2.24, 2.45) is 0 Å². The second-order valence-electron chi connectivity index (χ2n) is 5.00. The first-order valence-corrected chi connectivity index (χ1v) is 6.68. The van der Waals surface area contributed by atoms with E-state index in [1.54, 1.807) is 0 Å². The number of halogens is 1. The molecule has 1 saturated heterocycles. The number of carbonyl (C=O) groups excluding carboxylic acids is 1. The average molecular weight is 280 g/mol. The molecule has 1 unspecified atom stereocenters. The van der Waals surface area contributed by atoms with Crippen molar-refractivity contribution in [3.8, 4) is 0 Å². The van der Waals surface area contributed by atoms with Crippen molar-refractivity contribution in [1.82, 2.24) is 9.88 Å². The van der Waals surface area contributed by atoms with Crippen molar-refractivity contribution in [2.45, 2.75) is 38.1 Å². The molecule has 0 aliphatic carbocycles. The van der Waals surface area contributed by atoms with Crippen LogP contribution in [0.4, 0.5) is 4.39 Å². The Morgan fingerprint density at radius 1 is 1.55 bits per heavy atom. The number of pyridine rings is 1. The van der Waals surface area contributed by atoms with Crippen LogP contribution in [0, 0.1) is 5.82 Å². The number of carboxylic acids is 1. The van der Waals surface area contributed by atoms with Gasteiger partial charge in [0.15, 0.2) is 5.82 Å². The molecule has 1 aromatic rings. The van der Waals surface area contributed by atoms with Crippen LogP contribution in [0.2, 0.25) is 0 Å². The van der Waals surface area contributed by atoms with Gasteiger partial charge in [-0.2, -0.15) is 0 Å². The predicted octanol–water partition coefficient (Wildman–Crippen LogP) is 2.08. The fraction of sp³-hybridized carbons (Fsp3) is 0.500. The topological polar surface area (TPSA) is 70.5 Å². The predicted molar refractivity (Wildman–Crippen MR) is 69.7 cm³/mol. The third-order valence-electron chi connectivity index (χ3n) is 3.80. The minimum Gasteiger partial charge on any atom is -0.479 e. The molecule has 0 spiro atoms. The molecule has 1 aliphatic rings. The molecule has 6 heteroatoms. The van der Waals surface area contributed by atoms with Gasteiger partial charge in [0.25, 0.3) is 5.91 Å². The molecular weight excluding hydrogens is 263 g/mol. The van der Waals surface area contributed by atoms with E-state index >= 15 is 0 Å². The maximum Gasteiger partial charge on any atom is 0.329 e. The van der Waals surface area contributed by atoms with E-state index in [9.17, 15) is 19.1 Å². The smallest absolute Gasteiger partial charge is 0.329 e. The molecular formula is C14H17FN2O3. The summed E-state index contributed by atoms with van der Waals surface area (Å²) in [5, 5.41) is 9.53. The van der Waals surface area contributed by atoms with Gasteiger partial charge in [-0.05, 0) is 25.3 Å². The summed E-state index contributed by atoms with van der Waals surface area (Å²) >= 11 is 0. The fourth-order valence-corrected chi connectivity index (χ4v) is 2.87. The standard InChI is InChI=1S/C14H17FN2O3/c1-2-5-14(13(19)20)6-3-8-17(14)12(18)10-4-7-16-9-11(10)15/h4,7,9H,2-3,5-6,8H2,1H3,(H,19,20). The zero-order valence-electron chi connectivity index (χ0n) is 11.3. The largest absolute Gasteiger partial charge is 0.479 e. The first kappa shape index (κ1) is 14.4. The maximum atomic E-state index is 13.7. The minimum absolute atomic E-state index is 0.122. The molecule has 1 aliphatic heterocycles. The highest BCUT2D eigenvalue weighted by Gasteiger charge is 2.49. The Morgan fingerprint density at radius 2 is 2.30 bits per heavy atom. The van der Waals surface area contributed by atoms with Crippen molar-refractivity contribution in [3.63, 3.8) is 0 Å². The van der Waals surface area contributed by atoms with E-state index in [-0.39, 0.29) is 5.56 Å². The van der Waals surface area contributed by atoms with Gasteiger partial charge in [0.2, 0.25) is 0 Å². The summed E-state index contributed by atoms with van der Waals surface area (Å²) in [5.74, 6) is -2.31. The first-order chi connectivity index (χ1) is 9.53. The van der Waals surface area contributed by atoms with Gasteiger partial charge < -0.3 is 10.0 Å². The molecule has 0 aromatic carbocycles. The Kier molecular flexibility index (Phi) is 4.01. The van der Waals surface area contributed by atoms with Crippen molar-refractivity contribution >= 4 is 11.9 Å². The highest BCUT2D eigenvalue weighted by molar-refractivity contribution is 5.98. The van der Waals surface area contributed by atoms with E-state index in [2.05, 4.69) is 4.98 Å². The van der Waals surface area contributed by atoms with E-state index in [0.29, 0.717) is 32.2 Å². The first-order valence-electron chi connectivity index (χ1n) is 6.68. The molecule has 0 bridgehead atoms. The number of aliphatic carboxylic acids is 1. The molecule has 2 heterocycles. The maximum absolute atomic E-state index is 13.7. The third kappa shape index (κ3) is 2.26. The highest BCUT2D eigenvalue weighted by atomic mass is 19.1. The van der Waals surface area contributed by atoms with Crippen molar-refractivity contribution in [3.05, 3.63) is 29.8 Å². The van der Waals surface area contributed by atoms with Crippen LogP contribution < -0.4 is 0 Å². The summed E-state index contributed by atoms with van der Waals surface area (Å²) in [6, 6.07) is 1.29. The summed E-state index contributed by atoms with van der Waals surface area (Å²) < 4.78 is 13.7. The van der Waals surface area contributed by atoms with Gasteiger partial charge in [-0.3, -0.25) is 9.78 Å². The van der Waals surface area contributed by atoms with Crippen LogP contribution in [0.5, 0.6) is 0 Å². The Labute approximate surface area is 116 Å². The minimum atomic E-state index is -1.21. The number of likely N-dealkylation sites (tertiary alicyclic amines) is 1. The third-order valence-corrected chi connectivity index (χ3v) is 3.80. The van der Waals surface area contributed by atoms with Crippen molar-refractivity contribution in [2.75, 3.05) is 6.54 Å². The lowest BCUT2D eigenvalue weighted by Crippen LogP contribution is -2.53. The van der Waals surface area contributed by atoms with Crippen LogP contribution in [0.15, 0.2) is 18.5 Å². The number of aromatic nitrogens is 1. The van der Waals surface area contributed by atoms with Gasteiger partial charge >= 0.3 is 5.97 Å². The number of carboxylic acid groups (broad SMARTS) is 1. The number of amides is 1. The van der Waals surface area contributed by atoms with Gasteiger partial charge in [0.1, 0.15) is 5.54 Å². The molecule has 0 radical (unpaired) electrons. The zero-order valence-corrected chi connectivity index (χ0v) is 11.3. The molecule has 1 aromatic heterocycles. The summed E-state index contributed by atoms with van der Waals surface area (Å²) in [5.41, 5.74) is -1.33. The Hall–Kier alpha value is -1.98.